The number of hydrogen-bond donors (Lipinski definition) is 1. The molecule has 1 fully saturated rings. The summed E-state index contributed by atoms with van der Waals surface area (Å²) in [5.41, 5.74) is 6.32. The first-order valence-corrected chi connectivity index (χ1v) is 15.0. The molecule has 0 saturated carbocycles. The third-order valence-electron chi connectivity index (χ3n) is 7.19. The van der Waals surface area contributed by atoms with Gasteiger partial charge in [-0.3, -0.25) is 4.90 Å². The number of benzene rings is 3. The predicted molar refractivity (Wildman–Crippen MR) is 170 cm³/mol. The average Bonchev–Trinajstić information content (AvgIpc) is 3.67. The summed E-state index contributed by atoms with van der Waals surface area (Å²) in [6.07, 6.45) is 4.65. The normalized spacial score (nSPS) is 13.4. The highest BCUT2D eigenvalue weighted by molar-refractivity contribution is 7.15. The fraction of sp³-hybridized carbons (Fsp3) is 0.250. The van der Waals surface area contributed by atoms with Crippen LogP contribution in [0.15, 0.2) is 84.9 Å². The van der Waals surface area contributed by atoms with Crippen molar-refractivity contribution in [3.8, 4) is 33.8 Å². The summed E-state index contributed by atoms with van der Waals surface area (Å²) >= 11 is 1.80. The molecule has 4 aromatic rings. The van der Waals surface area contributed by atoms with E-state index < -0.39 is 5.97 Å². The van der Waals surface area contributed by atoms with Crippen LogP contribution in [0.25, 0.3) is 16.0 Å². The lowest BCUT2D eigenvalue weighted by atomic mass is 9.95. The van der Waals surface area contributed by atoms with E-state index in [-0.39, 0.29) is 6.61 Å². The lowest BCUT2D eigenvalue weighted by Gasteiger charge is -2.12. The molecule has 3 aromatic carbocycles. The van der Waals surface area contributed by atoms with Gasteiger partial charge in [0.2, 0.25) is 0 Å². The zero-order valence-corrected chi connectivity index (χ0v) is 24.9. The number of nitrogens with zero attached hydrogens (tertiary/aromatic N) is 1. The van der Waals surface area contributed by atoms with Gasteiger partial charge in [-0.25, -0.2) is 4.79 Å². The highest BCUT2D eigenvalue weighted by Gasteiger charge is 2.10. The van der Waals surface area contributed by atoms with Gasteiger partial charge in [0.1, 0.15) is 18.1 Å². The zero-order valence-electron chi connectivity index (χ0n) is 24.1. The molecule has 1 aromatic heterocycles. The highest BCUT2D eigenvalue weighted by atomic mass is 32.1. The van der Waals surface area contributed by atoms with E-state index in [0.29, 0.717) is 18.1 Å². The number of aryl methyl sites for hydroxylation is 2. The van der Waals surface area contributed by atoms with Crippen molar-refractivity contribution in [3.63, 3.8) is 0 Å². The topological polar surface area (TPSA) is 59.0 Å². The number of ether oxygens (including phenoxy) is 2. The molecule has 0 amide bonds. The molecule has 0 bridgehead atoms. The Bertz CT molecular complexity index is 1600. The Morgan fingerprint density at radius 2 is 1.64 bits per heavy atom. The number of thiophene rings is 1. The van der Waals surface area contributed by atoms with Crippen LogP contribution in [-0.2, 0) is 4.79 Å². The van der Waals surface area contributed by atoms with Gasteiger partial charge in [-0.2, -0.15) is 0 Å². The predicted octanol–water partition coefficient (Wildman–Crippen LogP) is 7.45. The standard InChI is InChI=1S/C36H35NO4S/c1-26-24-32(16-17-34(26)41-25-36(38)39)40-23-19-33(30-12-14-31(15-13-30)35-18-7-27(2)42-35)29-10-8-28(9-11-29)6-5-22-37-20-3-4-21-37/h7-19,24H,3-4,20-23,25H2,1-2H3,(H,38,39). The van der Waals surface area contributed by atoms with E-state index in [2.05, 4.69) is 90.4 Å². The van der Waals surface area contributed by atoms with E-state index in [0.717, 1.165) is 47.5 Å². The maximum Gasteiger partial charge on any atom is 0.341 e. The molecule has 0 aliphatic carbocycles. The average molecular weight is 578 g/mol. The van der Waals surface area contributed by atoms with E-state index in [4.69, 9.17) is 14.6 Å². The summed E-state index contributed by atoms with van der Waals surface area (Å²) in [5.74, 6) is 6.86. The van der Waals surface area contributed by atoms with E-state index in [1.807, 2.05) is 13.0 Å². The van der Waals surface area contributed by atoms with Crippen LogP contribution in [0.5, 0.6) is 11.5 Å². The van der Waals surface area contributed by atoms with Gasteiger partial charge in [0.05, 0.1) is 6.54 Å². The molecule has 1 saturated heterocycles. The molecule has 6 heteroatoms. The van der Waals surface area contributed by atoms with Crippen molar-refractivity contribution < 1.29 is 19.4 Å². The third kappa shape index (κ3) is 7.91. The monoisotopic (exact) mass is 577 g/mol. The molecule has 42 heavy (non-hydrogen) atoms. The van der Waals surface area contributed by atoms with Crippen LogP contribution in [0.1, 0.15) is 40.0 Å². The number of hydrogen-bond acceptors (Lipinski definition) is 5. The second-order valence-electron chi connectivity index (χ2n) is 10.4. The molecule has 214 valence electrons. The van der Waals surface area contributed by atoms with Gasteiger partial charge in [-0.05, 0) is 116 Å². The number of carbonyl (C=O) groups is 1. The van der Waals surface area contributed by atoms with E-state index >= 15 is 0 Å². The Morgan fingerprint density at radius 1 is 0.929 bits per heavy atom. The SMILES string of the molecule is Cc1ccc(-c2ccc(C(=CCOc3ccc(OCC(=O)O)c(C)c3)c3ccc(C#CCN4CCCC4)cc3)cc2)s1. The number of carboxylic acids is 1. The van der Waals surface area contributed by atoms with Gasteiger partial charge in [-0.1, -0.05) is 48.2 Å². The first-order chi connectivity index (χ1) is 20.4. The molecule has 0 spiro atoms. The molecular formula is C36H35NO4S. The summed E-state index contributed by atoms with van der Waals surface area (Å²) in [6, 6.07) is 26.8. The summed E-state index contributed by atoms with van der Waals surface area (Å²) in [5, 5.41) is 8.88. The van der Waals surface area contributed by atoms with Gasteiger partial charge >= 0.3 is 5.97 Å². The molecule has 1 aliphatic rings. The lowest BCUT2D eigenvalue weighted by molar-refractivity contribution is -0.139. The van der Waals surface area contributed by atoms with Crippen molar-refractivity contribution in [2.24, 2.45) is 0 Å². The van der Waals surface area contributed by atoms with Gasteiger partial charge in [0, 0.05) is 15.3 Å². The van der Waals surface area contributed by atoms with Crippen LogP contribution in [-0.4, -0.2) is 48.8 Å². The van der Waals surface area contributed by atoms with Crippen LogP contribution in [0, 0.1) is 25.7 Å². The van der Waals surface area contributed by atoms with Gasteiger partial charge in [-0.15, -0.1) is 11.3 Å². The van der Waals surface area contributed by atoms with Crippen LogP contribution in [0.3, 0.4) is 0 Å². The molecule has 1 aliphatic heterocycles. The van der Waals surface area contributed by atoms with Crippen molar-refractivity contribution in [2.45, 2.75) is 26.7 Å². The quantitative estimate of drug-likeness (QED) is 0.198. The fourth-order valence-electron chi connectivity index (χ4n) is 4.97. The van der Waals surface area contributed by atoms with Crippen LogP contribution in [0.4, 0.5) is 0 Å². The van der Waals surface area contributed by atoms with E-state index in [1.165, 1.54) is 28.2 Å². The fourth-order valence-corrected chi connectivity index (χ4v) is 5.84. The summed E-state index contributed by atoms with van der Waals surface area (Å²) in [6.45, 7) is 7.12. The van der Waals surface area contributed by atoms with Crippen LogP contribution in [0.2, 0.25) is 0 Å². The Hall–Kier alpha value is -4.31. The minimum absolute atomic E-state index is 0.368. The van der Waals surface area contributed by atoms with Gasteiger partial charge in [0.15, 0.2) is 6.61 Å². The summed E-state index contributed by atoms with van der Waals surface area (Å²) in [7, 11) is 0. The first-order valence-electron chi connectivity index (χ1n) is 14.2. The number of likely N-dealkylation sites (tertiary alicyclic amines) is 1. The second kappa shape index (κ2) is 14.0. The van der Waals surface area contributed by atoms with Gasteiger partial charge < -0.3 is 14.6 Å². The van der Waals surface area contributed by atoms with Crippen molar-refractivity contribution in [1.29, 1.82) is 0 Å². The van der Waals surface area contributed by atoms with Crippen molar-refractivity contribution in [2.75, 3.05) is 32.8 Å². The molecule has 1 N–H and O–H groups in total. The largest absolute Gasteiger partial charge is 0.489 e. The Kier molecular flexibility index (Phi) is 9.76. The molecule has 5 nitrogen and oxygen atoms in total. The Labute approximate surface area is 252 Å². The number of aliphatic carboxylic acids is 1. The zero-order chi connectivity index (χ0) is 29.3. The smallest absolute Gasteiger partial charge is 0.341 e. The number of rotatable bonds is 10. The van der Waals surface area contributed by atoms with Crippen molar-refractivity contribution >= 4 is 22.9 Å². The summed E-state index contributed by atoms with van der Waals surface area (Å²) < 4.78 is 11.4. The van der Waals surface area contributed by atoms with Crippen LogP contribution < -0.4 is 9.47 Å². The number of carboxylic acid groups (broad SMARTS) is 1. The minimum atomic E-state index is -1.01. The highest BCUT2D eigenvalue weighted by Crippen LogP contribution is 2.31. The molecular weight excluding hydrogens is 542 g/mol. The first kappa shape index (κ1) is 29.2. The van der Waals surface area contributed by atoms with E-state index in [9.17, 15) is 4.79 Å². The van der Waals surface area contributed by atoms with Gasteiger partial charge in [0.25, 0.3) is 0 Å². The second-order valence-corrected chi connectivity index (χ2v) is 11.7. The maximum absolute atomic E-state index is 10.8. The molecule has 5 rings (SSSR count). The lowest BCUT2D eigenvalue weighted by Crippen LogP contribution is -2.18. The van der Waals surface area contributed by atoms with Crippen molar-refractivity contribution in [1.82, 2.24) is 4.90 Å². The molecule has 0 unspecified atom stereocenters. The maximum atomic E-state index is 10.8. The van der Waals surface area contributed by atoms with Crippen molar-refractivity contribution in [3.05, 3.63) is 112 Å². The Morgan fingerprint density at radius 3 is 2.29 bits per heavy atom. The minimum Gasteiger partial charge on any atom is -0.489 e. The summed E-state index contributed by atoms with van der Waals surface area (Å²) in [4.78, 5) is 15.8. The Balaban J connectivity index is 1.34. The molecule has 2 heterocycles. The molecule has 0 radical (unpaired) electrons. The van der Waals surface area contributed by atoms with E-state index in [1.54, 1.807) is 23.5 Å². The van der Waals surface area contributed by atoms with Crippen LogP contribution >= 0.6 is 11.3 Å². The third-order valence-corrected chi connectivity index (χ3v) is 8.24. The molecule has 0 atom stereocenters.